The van der Waals surface area contributed by atoms with Crippen molar-refractivity contribution in [2.45, 2.75) is 32.4 Å². The van der Waals surface area contributed by atoms with Crippen molar-refractivity contribution in [3.63, 3.8) is 0 Å². The highest BCUT2D eigenvalue weighted by Crippen LogP contribution is 2.56. The number of hydrogen-bond acceptors (Lipinski definition) is 5. The molecular formula is C38H31N3O3SSi. The molecule has 6 nitrogen and oxygen atoms in total. The number of carbonyl (C=O) groups is 3. The first kappa shape index (κ1) is 28.4. The Morgan fingerprint density at radius 3 is 1.85 bits per heavy atom. The Hall–Kier alpha value is -5.05. The zero-order valence-corrected chi connectivity index (χ0v) is 27.8. The SMILES string of the molecule is CC1(C)c2cc(C=C3C(=O)N(c4ccccc4)C(=O)N(c4ccccc4)C3=O)sc2N2c3ccccc3[Si](C)(C)c3cccc1c32. The lowest BCUT2D eigenvalue weighted by molar-refractivity contribution is -0.121. The van der Waals surface area contributed by atoms with Crippen molar-refractivity contribution in [2.75, 3.05) is 14.7 Å². The highest BCUT2D eigenvalue weighted by atomic mass is 32.1. The van der Waals surface area contributed by atoms with Crippen LogP contribution in [0.15, 0.2) is 115 Å². The van der Waals surface area contributed by atoms with E-state index in [2.05, 4.69) is 80.4 Å². The van der Waals surface area contributed by atoms with Crippen molar-refractivity contribution in [1.82, 2.24) is 0 Å². The predicted octanol–water partition coefficient (Wildman–Crippen LogP) is 7.58. The minimum absolute atomic E-state index is 0.0607. The van der Waals surface area contributed by atoms with Crippen molar-refractivity contribution in [1.29, 1.82) is 0 Å². The third-order valence-corrected chi connectivity index (χ3v) is 14.2. The average Bonchev–Trinajstić information content (AvgIpc) is 3.49. The van der Waals surface area contributed by atoms with Crippen LogP contribution in [0.4, 0.5) is 32.5 Å². The number of hydrogen-bond donors (Lipinski definition) is 0. The largest absolute Gasteiger partial charge is 0.343 e. The Labute approximate surface area is 272 Å². The molecule has 5 aromatic rings. The van der Waals surface area contributed by atoms with E-state index in [9.17, 15) is 14.4 Å². The zero-order chi connectivity index (χ0) is 32.0. The van der Waals surface area contributed by atoms with Gasteiger partial charge < -0.3 is 4.90 Å². The topological polar surface area (TPSA) is 60.9 Å². The molecule has 3 aliphatic rings. The maximum absolute atomic E-state index is 14.1. The van der Waals surface area contributed by atoms with Crippen LogP contribution in [0.1, 0.15) is 29.9 Å². The maximum Gasteiger partial charge on any atom is 0.343 e. The number of nitrogens with zero attached hydrogens (tertiary/aromatic N) is 3. The third kappa shape index (κ3) is 3.90. The van der Waals surface area contributed by atoms with Gasteiger partial charge in [-0.3, -0.25) is 9.59 Å². The summed E-state index contributed by atoms with van der Waals surface area (Å²) in [5.41, 5.74) is 5.29. The first-order valence-electron chi connectivity index (χ1n) is 15.3. The molecule has 8 heteroatoms. The molecule has 4 heterocycles. The van der Waals surface area contributed by atoms with Gasteiger partial charge >= 0.3 is 6.03 Å². The summed E-state index contributed by atoms with van der Waals surface area (Å²) < 4.78 is 0. The average molecular weight is 638 g/mol. The van der Waals surface area contributed by atoms with Crippen molar-refractivity contribution in [2.24, 2.45) is 0 Å². The molecule has 0 radical (unpaired) electrons. The molecule has 0 saturated carbocycles. The standard InChI is InChI=1S/C38H31N3O3SSi/c1-38(2)28-18-13-21-32-33(28)41(30-19-11-12-20-31(30)46(32,3)4)36-29(38)23-26(45-36)22-27-34(42)39(24-14-7-5-8-15-24)37(44)40(35(27)43)25-16-9-6-10-17-25/h5-23H,1-4H3. The van der Waals surface area contributed by atoms with Crippen LogP contribution in [-0.2, 0) is 15.0 Å². The maximum atomic E-state index is 14.1. The molecule has 0 aliphatic carbocycles. The van der Waals surface area contributed by atoms with E-state index >= 15 is 0 Å². The molecule has 1 fully saturated rings. The molecule has 0 atom stereocenters. The van der Waals surface area contributed by atoms with Gasteiger partial charge in [-0.15, -0.1) is 11.3 Å². The fraction of sp³-hybridized carbons (Fsp3) is 0.132. The van der Waals surface area contributed by atoms with Crippen molar-refractivity contribution < 1.29 is 14.4 Å². The Morgan fingerprint density at radius 1 is 0.652 bits per heavy atom. The van der Waals surface area contributed by atoms with Crippen LogP contribution in [0.5, 0.6) is 0 Å². The minimum Gasteiger partial charge on any atom is -0.302 e. The van der Waals surface area contributed by atoms with E-state index in [-0.39, 0.29) is 11.0 Å². The fourth-order valence-corrected chi connectivity index (χ4v) is 11.4. The molecule has 8 rings (SSSR count). The molecule has 1 aromatic heterocycles. The summed E-state index contributed by atoms with van der Waals surface area (Å²) in [6.45, 7) is 9.34. The summed E-state index contributed by atoms with van der Waals surface area (Å²) in [6.07, 6.45) is 1.67. The van der Waals surface area contributed by atoms with Crippen molar-refractivity contribution in [3.05, 3.63) is 131 Å². The van der Waals surface area contributed by atoms with E-state index in [1.807, 2.05) is 12.1 Å². The number of amides is 4. The van der Waals surface area contributed by atoms with E-state index in [4.69, 9.17) is 0 Å². The molecule has 1 saturated heterocycles. The van der Waals surface area contributed by atoms with Gasteiger partial charge in [0.2, 0.25) is 0 Å². The molecule has 4 aromatic carbocycles. The van der Waals surface area contributed by atoms with Gasteiger partial charge in [-0.2, -0.15) is 0 Å². The number of anilines is 5. The number of barbiturate groups is 1. The quantitative estimate of drug-likeness (QED) is 0.116. The van der Waals surface area contributed by atoms with Crippen LogP contribution in [0.3, 0.4) is 0 Å². The summed E-state index contributed by atoms with van der Waals surface area (Å²) in [4.78, 5) is 47.3. The highest BCUT2D eigenvalue weighted by molar-refractivity contribution is 7.17. The van der Waals surface area contributed by atoms with Gasteiger partial charge in [-0.25, -0.2) is 14.6 Å². The van der Waals surface area contributed by atoms with Crippen LogP contribution in [0, 0.1) is 0 Å². The van der Waals surface area contributed by atoms with E-state index in [1.165, 1.54) is 27.3 Å². The molecule has 0 N–H and O–H groups in total. The molecule has 0 spiro atoms. The lowest BCUT2D eigenvalue weighted by atomic mass is 9.75. The predicted molar refractivity (Wildman–Crippen MR) is 189 cm³/mol. The third-order valence-electron chi connectivity index (χ3n) is 9.60. The van der Waals surface area contributed by atoms with E-state index in [1.54, 1.807) is 65.9 Å². The lowest BCUT2D eigenvalue weighted by Gasteiger charge is -2.47. The zero-order valence-electron chi connectivity index (χ0n) is 25.9. The number of imide groups is 2. The Kier molecular flexibility index (Phi) is 6.16. The number of carbonyl (C=O) groups excluding carboxylic acids is 3. The second-order valence-electron chi connectivity index (χ2n) is 13.0. The molecule has 4 amide bonds. The number of benzene rings is 4. The monoisotopic (exact) mass is 637 g/mol. The number of urea groups is 1. The fourth-order valence-electron chi connectivity index (χ4n) is 7.18. The van der Waals surface area contributed by atoms with Crippen molar-refractivity contribution >= 4 is 81.5 Å². The van der Waals surface area contributed by atoms with Crippen LogP contribution >= 0.6 is 11.3 Å². The van der Waals surface area contributed by atoms with E-state index in [0.29, 0.717) is 11.4 Å². The smallest absolute Gasteiger partial charge is 0.302 e. The first-order valence-corrected chi connectivity index (χ1v) is 19.1. The number of para-hydroxylation sites is 4. The summed E-state index contributed by atoms with van der Waals surface area (Å²) in [7, 11) is -1.99. The van der Waals surface area contributed by atoms with Gasteiger partial charge in [0.15, 0.2) is 0 Å². The molecule has 3 aliphatic heterocycles. The van der Waals surface area contributed by atoms with Gasteiger partial charge in [0.1, 0.15) is 18.6 Å². The number of thiophene rings is 1. The number of rotatable bonds is 3. The van der Waals surface area contributed by atoms with Gasteiger partial charge in [-0.05, 0) is 64.0 Å². The molecule has 0 unspecified atom stereocenters. The normalized spacial score (nSPS) is 17.4. The van der Waals surface area contributed by atoms with Gasteiger partial charge in [0.05, 0.1) is 17.1 Å². The Balaban J connectivity index is 1.32. The van der Waals surface area contributed by atoms with Crippen LogP contribution in [0.2, 0.25) is 13.1 Å². The Bertz CT molecular complexity index is 2070. The summed E-state index contributed by atoms with van der Waals surface area (Å²) in [5, 5.41) is 3.87. The summed E-state index contributed by atoms with van der Waals surface area (Å²) in [5.74, 6) is -1.28. The van der Waals surface area contributed by atoms with Gasteiger partial charge in [0.25, 0.3) is 11.8 Å². The molecule has 0 bridgehead atoms. The summed E-state index contributed by atoms with van der Waals surface area (Å²) >= 11 is 1.57. The minimum atomic E-state index is -1.99. The second-order valence-corrected chi connectivity index (χ2v) is 18.4. The molecule has 226 valence electrons. The first-order chi connectivity index (χ1) is 22.1. The molecular weight excluding hydrogens is 607 g/mol. The van der Waals surface area contributed by atoms with Crippen LogP contribution in [0.25, 0.3) is 6.08 Å². The van der Waals surface area contributed by atoms with Crippen LogP contribution in [-0.4, -0.2) is 25.9 Å². The second kappa shape index (κ2) is 9.97. The number of fused-ring (bicyclic) bond motifs is 4. The Morgan fingerprint density at radius 2 is 1.22 bits per heavy atom. The van der Waals surface area contributed by atoms with Gasteiger partial charge in [-0.1, -0.05) is 99.7 Å². The van der Waals surface area contributed by atoms with E-state index < -0.39 is 25.9 Å². The van der Waals surface area contributed by atoms with E-state index in [0.717, 1.165) is 25.2 Å². The lowest BCUT2D eigenvalue weighted by Crippen LogP contribution is -2.59. The van der Waals surface area contributed by atoms with Crippen LogP contribution < -0.4 is 25.1 Å². The van der Waals surface area contributed by atoms with Gasteiger partial charge in [0, 0.05) is 16.0 Å². The summed E-state index contributed by atoms with van der Waals surface area (Å²) in [6, 6.07) is 34.3. The highest BCUT2D eigenvalue weighted by Gasteiger charge is 2.48. The molecule has 46 heavy (non-hydrogen) atoms. The van der Waals surface area contributed by atoms with Crippen molar-refractivity contribution in [3.8, 4) is 0 Å².